The summed E-state index contributed by atoms with van der Waals surface area (Å²) >= 11 is 0. The molecule has 2 aliphatic carbocycles. The highest BCUT2D eigenvalue weighted by atomic mass is 16.3. The highest BCUT2D eigenvalue weighted by Gasteiger charge is 2.48. The molecular weight excluding hydrogens is 1040 g/mol. The lowest BCUT2D eigenvalue weighted by Gasteiger charge is -2.48. The first-order valence-electron chi connectivity index (χ1n) is 32.3. The van der Waals surface area contributed by atoms with Crippen molar-refractivity contribution < 1.29 is 4.42 Å². The maximum Gasteiger partial charge on any atom is 0.252 e. The summed E-state index contributed by atoms with van der Waals surface area (Å²) in [6.07, 6.45) is 4.63. The van der Waals surface area contributed by atoms with E-state index < -0.39 is 0 Å². The van der Waals surface area contributed by atoms with Gasteiger partial charge in [-0.15, -0.1) is 0 Å². The van der Waals surface area contributed by atoms with Crippen LogP contribution in [0, 0.1) is 6.92 Å². The summed E-state index contributed by atoms with van der Waals surface area (Å²) in [6.45, 7) is 50.1. The van der Waals surface area contributed by atoms with Crippen molar-refractivity contribution in [2.24, 2.45) is 0 Å². The maximum atomic E-state index is 6.83. The molecule has 0 saturated carbocycles. The van der Waals surface area contributed by atoms with Gasteiger partial charge in [-0.25, -0.2) is 0 Å². The highest BCUT2D eigenvalue weighted by Crippen LogP contribution is 2.55. The minimum absolute atomic E-state index is 0.00116. The molecule has 1 aromatic heterocycles. The molecule has 0 fully saturated rings. The van der Waals surface area contributed by atoms with E-state index in [2.05, 4.69) is 300 Å². The van der Waals surface area contributed by atoms with Crippen LogP contribution >= 0.6 is 0 Å². The first-order chi connectivity index (χ1) is 40.0. The number of aryl methyl sites for hydroxylation is 1. The topological polar surface area (TPSA) is 22.9 Å². The largest absolute Gasteiger partial charge is 0.456 e. The van der Waals surface area contributed by atoms with E-state index in [9.17, 15) is 0 Å². The van der Waals surface area contributed by atoms with E-state index in [1.54, 1.807) is 0 Å². The minimum Gasteiger partial charge on any atom is -0.456 e. The second-order valence-electron chi connectivity index (χ2n) is 33.4. The summed E-state index contributed by atoms with van der Waals surface area (Å²) < 4.78 is 6.83. The number of anilines is 9. The Hall–Kier alpha value is -6.98. The molecule has 0 saturated heterocycles. The zero-order chi connectivity index (χ0) is 61.5. The van der Waals surface area contributed by atoms with Gasteiger partial charge in [0.15, 0.2) is 0 Å². The van der Waals surface area contributed by atoms with Gasteiger partial charge in [-0.05, 0) is 227 Å². The van der Waals surface area contributed by atoms with Crippen molar-refractivity contribution >= 4 is 96.2 Å². The molecule has 0 radical (unpaired) electrons. The molecule has 442 valence electrons. The Morgan fingerprint density at radius 3 is 1.35 bits per heavy atom. The molecular formula is C81H94BN3O. The number of hydrogen-bond donors (Lipinski definition) is 0. The molecule has 0 spiro atoms. The molecule has 4 nitrogen and oxygen atoms in total. The molecule has 9 aromatic rings. The van der Waals surface area contributed by atoms with Crippen LogP contribution in [0.1, 0.15) is 214 Å². The van der Waals surface area contributed by atoms with Gasteiger partial charge < -0.3 is 19.1 Å². The normalized spacial score (nSPS) is 17.5. The Kier molecular flexibility index (Phi) is 12.8. The van der Waals surface area contributed by atoms with Crippen LogP contribution in [-0.4, -0.2) is 6.71 Å². The molecule has 86 heavy (non-hydrogen) atoms. The number of fused-ring (bicyclic) bond motifs is 9. The summed E-state index contributed by atoms with van der Waals surface area (Å²) in [5.74, 6) is 0. The van der Waals surface area contributed by atoms with Crippen LogP contribution in [0.2, 0.25) is 0 Å². The first-order valence-corrected chi connectivity index (χ1v) is 32.3. The fourth-order valence-corrected chi connectivity index (χ4v) is 15.1. The third-order valence-corrected chi connectivity index (χ3v) is 21.1. The van der Waals surface area contributed by atoms with Crippen LogP contribution in [0.4, 0.5) is 51.2 Å². The van der Waals surface area contributed by atoms with Crippen molar-refractivity contribution in [3.8, 4) is 0 Å². The average molecular weight is 1140 g/mol. The Labute approximate surface area is 516 Å². The SMILES string of the molecule is Cc1cc2c(cc1N1c3cc4c(cc3B3c5ccc(N(c6ccc(C(C)(C)C)cc6)c6ccc(C(C)(C)C)cc6)cc5N(c5ccc6oc7cc(C(C)(C)C)ccc7c6c5)c5cc(C(C)(C)C)cc1c53)C(C)(C)CCC4(C)C)C(C)(C)CCC2(C)C. The monoisotopic (exact) mass is 1140 g/mol. The van der Waals surface area contributed by atoms with Crippen LogP contribution in [-0.2, 0) is 43.3 Å². The minimum atomic E-state index is -0.190. The van der Waals surface area contributed by atoms with Crippen molar-refractivity contribution in [2.75, 3.05) is 14.7 Å². The van der Waals surface area contributed by atoms with E-state index in [1.807, 2.05) is 0 Å². The molecule has 8 aromatic carbocycles. The van der Waals surface area contributed by atoms with Crippen LogP contribution in [0.3, 0.4) is 0 Å². The van der Waals surface area contributed by atoms with Gasteiger partial charge in [-0.1, -0.05) is 193 Å². The fourth-order valence-electron chi connectivity index (χ4n) is 15.1. The summed E-state index contributed by atoms with van der Waals surface area (Å²) in [5, 5.41) is 2.26. The van der Waals surface area contributed by atoms with Crippen molar-refractivity contribution in [1.29, 1.82) is 0 Å². The van der Waals surface area contributed by atoms with Gasteiger partial charge in [0.1, 0.15) is 11.2 Å². The van der Waals surface area contributed by atoms with Gasteiger partial charge in [0, 0.05) is 62.0 Å². The summed E-state index contributed by atoms with van der Waals surface area (Å²) in [4.78, 5) is 7.89. The zero-order valence-corrected chi connectivity index (χ0v) is 55.9. The number of furan rings is 1. The fraction of sp³-hybridized carbons (Fsp3) is 0.407. The number of hydrogen-bond acceptors (Lipinski definition) is 4. The van der Waals surface area contributed by atoms with Crippen LogP contribution < -0.4 is 31.1 Å². The van der Waals surface area contributed by atoms with Gasteiger partial charge in [0.25, 0.3) is 6.71 Å². The highest BCUT2D eigenvalue weighted by molar-refractivity contribution is 7.00. The summed E-state index contributed by atoms with van der Waals surface area (Å²) in [7, 11) is 0. The van der Waals surface area contributed by atoms with E-state index in [4.69, 9.17) is 4.42 Å². The number of nitrogens with zero attached hydrogens (tertiary/aromatic N) is 3. The van der Waals surface area contributed by atoms with Gasteiger partial charge in [-0.2, -0.15) is 0 Å². The van der Waals surface area contributed by atoms with E-state index >= 15 is 0 Å². The molecule has 13 rings (SSSR count). The molecule has 3 heterocycles. The lowest BCUT2D eigenvalue weighted by Crippen LogP contribution is -2.62. The summed E-state index contributed by atoms with van der Waals surface area (Å²) in [6, 6.07) is 55.7. The third kappa shape index (κ3) is 9.37. The van der Waals surface area contributed by atoms with E-state index in [0.29, 0.717) is 0 Å². The van der Waals surface area contributed by atoms with E-state index in [0.717, 1.165) is 64.0 Å². The molecule has 4 aliphatic rings. The number of benzene rings is 8. The maximum absolute atomic E-state index is 6.83. The van der Waals surface area contributed by atoms with Crippen LogP contribution in [0.15, 0.2) is 144 Å². The van der Waals surface area contributed by atoms with Gasteiger partial charge in [-0.3, -0.25) is 0 Å². The molecule has 0 unspecified atom stereocenters. The van der Waals surface area contributed by atoms with Gasteiger partial charge >= 0.3 is 0 Å². The molecule has 0 N–H and O–H groups in total. The van der Waals surface area contributed by atoms with E-state index in [1.165, 1.54) is 101 Å². The van der Waals surface area contributed by atoms with Crippen molar-refractivity contribution in [3.63, 3.8) is 0 Å². The smallest absolute Gasteiger partial charge is 0.252 e. The molecule has 5 heteroatoms. The zero-order valence-electron chi connectivity index (χ0n) is 55.9. The molecule has 2 aliphatic heterocycles. The summed E-state index contributed by atoms with van der Waals surface area (Å²) in [5.41, 5.74) is 29.1. The second-order valence-corrected chi connectivity index (χ2v) is 33.4. The Balaban J connectivity index is 1.15. The molecule has 0 amide bonds. The molecule has 0 bridgehead atoms. The third-order valence-electron chi connectivity index (χ3n) is 21.1. The predicted molar refractivity (Wildman–Crippen MR) is 373 cm³/mol. The standard InChI is InChI=1S/C81H94BN3O/c1-49-40-60-62(80(18,19)38-36-78(60,14)15)47-66(49)85-68-48-63-61(79(16,17)37-39-81(63,20)21)46-65(68)82-64-34-31-57(83(54-27-22-50(23-28-54)74(2,3)4)55-29-24-51(25-30-55)75(5,6)7)45-67(64)84(69-41-53(77(11,12)13)42-70(85)73(69)82)56-32-35-71-59(44-56)58-33-26-52(76(8,9)10)43-72(58)86-71/h22-35,40-48H,36-39H2,1-21H3. The average Bonchev–Trinajstić information content (AvgIpc) is 0.762. The van der Waals surface area contributed by atoms with Crippen LogP contribution in [0.25, 0.3) is 21.9 Å². The second kappa shape index (κ2) is 19.0. The van der Waals surface area contributed by atoms with Crippen molar-refractivity contribution in [2.45, 2.75) is 214 Å². The van der Waals surface area contributed by atoms with E-state index in [-0.39, 0.29) is 50.0 Å². The van der Waals surface area contributed by atoms with Gasteiger partial charge in [0.05, 0.1) is 0 Å². The van der Waals surface area contributed by atoms with Crippen molar-refractivity contribution in [1.82, 2.24) is 0 Å². The van der Waals surface area contributed by atoms with Gasteiger partial charge in [0.2, 0.25) is 0 Å². The number of rotatable bonds is 5. The Morgan fingerprint density at radius 2 is 0.826 bits per heavy atom. The van der Waals surface area contributed by atoms with Crippen LogP contribution in [0.5, 0.6) is 0 Å². The lowest BCUT2D eigenvalue weighted by atomic mass is 9.33. The Morgan fingerprint density at radius 1 is 0.372 bits per heavy atom. The van der Waals surface area contributed by atoms with Crippen molar-refractivity contribution in [3.05, 3.63) is 190 Å². The quantitative estimate of drug-likeness (QED) is 0.160. The Bertz CT molecular complexity index is 4170. The molecule has 0 atom stereocenters. The predicted octanol–water partition coefficient (Wildman–Crippen LogP) is 21.3. The first kappa shape index (κ1) is 58.1. The lowest BCUT2D eigenvalue weighted by molar-refractivity contribution is 0.331.